The van der Waals surface area contributed by atoms with Crippen molar-refractivity contribution in [2.75, 3.05) is 5.75 Å². The fourth-order valence-corrected chi connectivity index (χ4v) is 7.46. The van der Waals surface area contributed by atoms with Gasteiger partial charge in [-0.1, -0.05) is 13.8 Å². The number of Topliss-reactive ketones (excluding diaryl/α,β-unsaturated/α-hetero) is 1. The Kier molecular flexibility index (Phi) is 2.70. The Morgan fingerprint density at radius 2 is 1.95 bits per heavy atom. The van der Waals surface area contributed by atoms with Gasteiger partial charge >= 0.3 is 0 Å². The minimum Gasteiger partial charge on any atom is -0.299 e. The van der Waals surface area contributed by atoms with Gasteiger partial charge < -0.3 is 0 Å². The van der Waals surface area contributed by atoms with Crippen molar-refractivity contribution < 1.29 is 18.0 Å². The summed E-state index contributed by atoms with van der Waals surface area (Å²) in [5, 5.41) is 0. The maximum absolute atomic E-state index is 12.5. The molecule has 1 aliphatic heterocycles. The van der Waals surface area contributed by atoms with Gasteiger partial charge in [0, 0.05) is 5.41 Å². The molecule has 6 heteroatoms. The second-order valence-corrected chi connectivity index (χ2v) is 9.04. The SMILES string of the molecule is CC(=O)CC(=O)N1[C@@H]2C[C@H]3CC[C@]2(CS1(=O)=O)C3(C)C. The van der Waals surface area contributed by atoms with Crippen molar-refractivity contribution in [1.82, 2.24) is 4.31 Å². The Hall–Kier alpha value is -0.910. The van der Waals surface area contributed by atoms with E-state index in [4.69, 9.17) is 0 Å². The number of rotatable bonds is 2. The topological polar surface area (TPSA) is 71.5 Å². The number of hydrogen-bond acceptors (Lipinski definition) is 4. The summed E-state index contributed by atoms with van der Waals surface area (Å²) in [6.45, 7) is 5.60. The molecule has 3 atom stereocenters. The second kappa shape index (κ2) is 3.84. The van der Waals surface area contributed by atoms with Crippen molar-refractivity contribution in [2.45, 2.75) is 52.5 Å². The van der Waals surface area contributed by atoms with Crippen molar-refractivity contribution in [1.29, 1.82) is 0 Å². The summed E-state index contributed by atoms with van der Waals surface area (Å²) in [4.78, 5) is 23.4. The van der Waals surface area contributed by atoms with Crippen LogP contribution in [0.3, 0.4) is 0 Å². The summed E-state index contributed by atoms with van der Waals surface area (Å²) in [6.07, 6.45) is 2.37. The first-order chi connectivity index (χ1) is 9.12. The van der Waals surface area contributed by atoms with Crippen LogP contribution in [0.2, 0.25) is 0 Å². The molecule has 1 saturated heterocycles. The zero-order valence-electron chi connectivity index (χ0n) is 12.2. The lowest BCUT2D eigenvalue weighted by atomic mass is 9.69. The van der Waals surface area contributed by atoms with Crippen LogP contribution in [0.15, 0.2) is 0 Å². The maximum atomic E-state index is 12.5. The molecule has 0 radical (unpaired) electrons. The molecule has 1 spiro atoms. The Morgan fingerprint density at radius 3 is 2.50 bits per heavy atom. The molecule has 3 aliphatic rings. The molecular formula is C14H21NO4S. The van der Waals surface area contributed by atoms with E-state index in [9.17, 15) is 18.0 Å². The van der Waals surface area contributed by atoms with Crippen LogP contribution >= 0.6 is 0 Å². The van der Waals surface area contributed by atoms with Gasteiger partial charge in [0.2, 0.25) is 15.9 Å². The van der Waals surface area contributed by atoms with Crippen LogP contribution in [0.1, 0.15) is 46.5 Å². The van der Waals surface area contributed by atoms with E-state index < -0.39 is 15.9 Å². The molecule has 0 aromatic rings. The van der Waals surface area contributed by atoms with Gasteiger partial charge in [0.15, 0.2) is 0 Å². The van der Waals surface area contributed by atoms with E-state index in [-0.39, 0.29) is 34.8 Å². The van der Waals surface area contributed by atoms with E-state index in [1.54, 1.807) is 0 Å². The number of carbonyl (C=O) groups is 2. The first kappa shape index (κ1) is 14.0. The molecule has 1 amide bonds. The van der Waals surface area contributed by atoms with E-state index in [0.29, 0.717) is 5.92 Å². The van der Waals surface area contributed by atoms with Crippen molar-refractivity contribution >= 4 is 21.7 Å². The molecule has 20 heavy (non-hydrogen) atoms. The molecule has 2 aliphatic carbocycles. The highest BCUT2D eigenvalue weighted by atomic mass is 32.2. The zero-order valence-corrected chi connectivity index (χ0v) is 13.0. The Labute approximate surface area is 119 Å². The fourth-order valence-electron chi connectivity index (χ4n) is 4.91. The van der Waals surface area contributed by atoms with E-state index in [1.165, 1.54) is 6.92 Å². The van der Waals surface area contributed by atoms with Crippen LogP contribution in [-0.4, -0.2) is 36.2 Å². The van der Waals surface area contributed by atoms with E-state index in [2.05, 4.69) is 13.8 Å². The number of nitrogens with zero attached hydrogens (tertiary/aromatic N) is 1. The highest BCUT2D eigenvalue weighted by Crippen LogP contribution is 2.69. The van der Waals surface area contributed by atoms with E-state index >= 15 is 0 Å². The van der Waals surface area contributed by atoms with E-state index in [0.717, 1.165) is 23.6 Å². The van der Waals surface area contributed by atoms with Gasteiger partial charge in [-0.25, -0.2) is 12.7 Å². The Morgan fingerprint density at radius 1 is 1.30 bits per heavy atom. The predicted octanol–water partition coefficient (Wildman–Crippen LogP) is 1.33. The largest absolute Gasteiger partial charge is 0.299 e. The molecule has 2 bridgehead atoms. The van der Waals surface area contributed by atoms with Crippen molar-refractivity contribution in [3.63, 3.8) is 0 Å². The lowest BCUT2D eigenvalue weighted by Gasteiger charge is -2.37. The van der Waals surface area contributed by atoms with Crippen molar-refractivity contribution in [3.05, 3.63) is 0 Å². The molecule has 0 aromatic carbocycles. The Bertz CT molecular complexity index is 594. The summed E-state index contributed by atoms with van der Waals surface area (Å²) in [7, 11) is -3.57. The van der Waals surface area contributed by atoms with Crippen LogP contribution in [0, 0.1) is 16.7 Å². The number of amides is 1. The van der Waals surface area contributed by atoms with Crippen molar-refractivity contribution in [2.24, 2.45) is 16.7 Å². The van der Waals surface area contributed by atoms with Gasteiger partial charge in [0.25, 0.3) is 0 Å². The zero-order chi connectivity index (χ0) is 14.9. The minimum absolute atomic E-state index is 0.0456. The quantitative estimate of drug-likeness (QED) is 0.721. The fraction of sp³-hybridized carbons (Fsp3) is 0.857. The van der Waals surface area contributed by atoms with Gasteiger partial charge in [-0.3, -0.25) is 9.59 Å². The summed E-state index contributed by atoms with van der Waals surface area (Å²) in [6, 6.07) is -0.229. The number of hydrogen-bond donors (Lipinski definition) is 0. The molecule has 5 nitrogen and oxygen atoms in total. The number of sulfonamides is 1. The third kappa shape index (κ3) is 1.51. The van der Waals surface area contributed by atoms with Gasteiger partial charge in [-0.05, 0) is 37.5 Å². The lowest BCUT2D eigenvalue weighted by Crippen LogP contribution is -2.44. The molecule has 0 N–H and O–H groups in total. The maximum Gasteiger partial charge on any atom is 0.243 e. The third-order valence-electron chi connectivity index (χ3n) is 6.06. The summed E-state index contributed by atoms with van der Waals surface area (Å²) in [5.74, 6) is -0.274. The van der Waals surface area contributed by atoms with Crippen LogP contribution < -0.4 is 0 Å². The summed E-state index contributed by atoms with van der Waals surface area (Å²) < 4.78 is 26.0. The highest BCUT2D eigenvalue weighted by Gasteiger charge is 2.72. The molecule has 3 rings (SSSR count). The average molecular weight is 299 g/mol. The average Bonchev–Trinajstić information content (AvgIpc) is 2.73. The molecule has 3 fully saturated rings. The normalized spacial score (nSPS) is 39.9. The minimum atomic E-state index is -3.57. The summed E-state index contributed by atoms with van der Waals surface area (Å²) >= 11 is 0. The Balaban J connectivity index is 2.02. The van der Waals surface area contributed by atoms with Crippen LogP contribution in [-0.2, 0) is 19.6 Å². The molecule has 1 heterocycles. The summed E-state index contributed by atoms with van der Waals surface area (Å²) in [5.41, 5.74) is -0.348. The van der Waals surface area contributed by atoms with Gasteiger partial charge in [0.1, 0.15) is 5.78 Å². The number of ketones is 1. The highest BCUT2D eigenvalue weighted by molar-refractivity contribution is 7.90. The van der Waals surface area contributed by atoms with E-state index in [1.807, 2.05) is 0 Å². The van der Waals surface area contributed by atoms with Crippen LogP contribution in [0.4, 0.5) is 0 Å². The van der Waals surface area contributed by atoms with Gasteiger partial charge in [0.05, 0.1) is 18.2 Å². The molecule has 112 valence electrons. The molecule has 2 saturated carbocycles. The molecule has 0 aromatic heterocycles. The monoisotopic (exact) mass is 299 g/mol. The third-order valence-corrected chi connectivity index (χ3v) is 7.99. The number of fused-ring (bicyclic) bond motifs is 1. The lowest BCUT2D eigenvalue weighted by molar-refractivity contribution is -0.133. The van der Waals surface area contributed by atoms with Gasteiger partial charge in [-0.2, -0.15) is 0 Å². The van der Waals surface area contributed by atoms with Crippen molar-refractivity contribution in [3.8, 4) is 0 Å². The first-order valence-corrected chi connectivity index (χ1v) is 8.77. The van der Waals surface area contributed by atoms with Crippen LogP contribution in [0.25, 0.3) is 0 Å². The molecule has 0 unspecified atom stereocenters. The van der Waals surface area contributed by atoms with Gasteiger partial charge in [-0.15, -0.1) is 0 Å². The second-order valence-electron chi connectivity index (χ2n) is 7.19. The standard InChI is InChI=1S/C14H21NO4S/c1-9(16)6-12(17)15-11-7-10-4-5-14(11,13(10,2)3)8-20(15,18)19/h10-11H,4-8H2,1-3H3/t10-,11-,14-/m1/s1. The smallest absolute Gasteiger partial charge is 0.243 e. The predicted molar refractivity (Wildman–Crippen MR) is 73.3 cm³/mol. The molecular weight excluding hydrogens is 278 g/mol. The van der Waals surface area contributed by atoms with Crippen LogP contribution in [0.5, 0.6) is 0 Å². The first-order valence-electron chi connectivity index (χ1n) is 7.16. The number of carbonyl (C=O) groups excluding carboxylic acids is 2.